The fourth-order valence-corrected chi connectivity index (χ4v) is 8.79. The molecule has 7 rings (SSSR count). The molecule has 7 fully saturated rings. The third-order valence-electron chi connectivity index (χ3n) is 9.67. The molecule has 0 aromatic heterocycles. The van der Waals surface area contributed by atoms with Crippen molar-refractivity contribution in [1.82, 2.24) is 0 Å². The van der Waals surface area contributed by atoms with Crippen molar-refractivity contribution in [3.8, 4) is 0 Å². The molecule has 22 heavy (non-hydrogen) atoms. The van der Waals surface area contributed by atoms with Gasteiger partial charge in [0.05, 0.1) is 11.7 Å². The summed E-state index contributed by atoms with van der Waals surface area (Å²) in [7, 11) is 0. The predicted molar refractivity (Wildman–Crippen MR) is 86.2 cm³/mol. The van der Waals surface area contributed by atoms with Gasteiger partial charge < -0.3 is 10.2 Å². The molecule has 0 saturated heterocycles. The lowest BCUT2D eigenvalue weighted by molar-refractivity contribution is -0.309. The molecular formula is C20H32O2. The van der Waals surface area contributed by atoms with Gasteiger partial charge in [0, 0.05) is 0 Å². The van der Waals surface area contributed by atoms with Crippen molar-refractivity contribution in [3.63, 3.8) is 0 Å². The van der Waals surface area contributed by atoms with Crippen molar-refractivity contribution in [2.75, 3.05) is 0 Å². The Morgan fingerprint density at radius 3 is 2.45 bits per heavy atom. The van der Waals surface area contributed by atoms with Crippen LogP contribution < -0.4 is 0 Å². The number of rotatable bonds is 0. The monoisotopic (exact) mass is 304 g/mol. The molecule has 7 aliphatic carbocycles. The Bertz CT molecular complexity index is 528. The molecule has 0 aromatic rings. The summed E-state index contributed by atoms with van der Waals surface area (Å²) in [6.07, 6.45) is 9.49. The van der Waals surface area contributed by atoms with Crippen LogP contribution >= 0.6 is 0 Å². The first kappa shape index (κ1) is 14.3. The maximum atomic E-state index is 10.9. The summed E-state index contributed by atoms with van der Waals surface area (Å²) in [5.41, 5.74) is 0.607. The highest BCUT2D eigenvalue weighted by Gasteiger charge is 2.73. The van der Waals surface area contributed by atoms with Gasteiger partial charge in [-0.15, -0.1) is 0 Å². The van der Waals surface area contributed by atoms with Crippen LogP contribution in [0.25, 0.3) is 0 Å². The van der Waals surface area contributed by atoms with Crippen LogP contribution in [0.5, 0.6) is 0 Å². The van der Waals surface area contributed by atoms with Gasteiger partial charge in [-0.05, 0) is 91.3 Å². The Kier molecular flexibility index (Phi) is 2.45. The van der Waals surface area contributed by atoms with Gasteiger partial charge in [0.15, 0.2) is 0 Å². The van der Waals surface area contributed by atoms with Crippen LogP contribution in [0, 0.1) is 39.9 Å². The first-order valence-electron chi connectivity index (χ1n) is 9.62. The number of aliphatic hydroxyl groups is 2. The summed E-state index contributed by atoms with van der Waals surface area (Å²) in [6.45, 7) is 7.17. The van der Waals surface area contributed by atoms with Gasteiger partial charge in [0.25, 0.3) is 0 Å². The zero-order valence-electron chi connectivity index (χ0n) is 14.4. The number of aliphatic hydroxyl groups excluding tert-OH is 1. The smallest absolute Gasteiger partial charge is 0.0686 e. The third kappa shape index (κ3) is 1.38. The zero-order chi connectivity index (χ0) is 15.5. The van der Waals surface area contributed by atoms with E-state index < -0.39 is 0 Å². The summed E-state index contributed by atoms with van der Waals surface area (Å²) in [4.78, 5) is 0. The van der Waals surface area contributed by atoms with Gasteiger partial charge >= 0.3 is 0 Å². The topological polar surface area (TPSA) is 40.5 Å². The van der Waals surface area contributed by atoms with Gasteiger partial charge in [-0.1, -0.05) is 20.8 Å². The Labute approximate surface area is 134 Å². The molecule has 2 heteroatoms. The van der Waals surface area contributed by atoms with E-state index in [1.54, 1.807) is 0 Å². The van der Waals surface area contributed by atoms with Crippen LogP contribution in [0.4, 0.5) is 0 Å². The molecule has 8 atom stereocenters. The van der Waals surface area contributed by atoms with Crippen LogP contribution in [0.1, 0.15) is 72.1 Å². The van der Waals surface area contributed by atoms with E-state index in [4.69, 9.17) is 0 Å². The normalized spacial score (nSPS) is 64.5. The van der Waals surface area contributed by atoms with Gasteiger partial charge in [-0.2, -0.15) is 0 Å². The van der Waals surface area contributed by atoms with Crippen LogP contribution in [-0.4, -0.2) is 21.9 Å². The van der Waals surface area contributed by atoms with E-state index in [9.17, 15) is 10.2 Å². The quantitative estimate of drug-likeness (QED) is 0.715. The Morgan fingerprint density at radius 2 is 1.73 bits per heavy atom. The second-order valence-electron chi connectivity index (χ2n) is 10.7. The maximum Gasteiger partial charge on any atom is 0.0686 e. The van der Waals surface area contributed by atoms with E-state index in [0.717, 1.165) is 31.1 Å². The molecule has 2 N–H and O–H groups in total. The van der Waals surface area contributed by atoms with E-state index in [1.165, 1.54) is 32.1 Å². The van der Waals surface area contributed by atoms with E-state index >= 15 is 0 Å². The van der Waals surface area contributed by atoms with E-state index in [2.05, 4.69) is 20.8 Å². The van der Waals surface area contributed by atoms with Crippen molar-refractivity contribution < 1.29 is 10.2 Å². The lowest BCUT2D eigenvalue weighted by atomic mass is 9.30. The largest absolute Gasteiger partial charge is 0.393 e. The summed E-state index contributed by atoms with van der Waals surface area (Å²) < 4.78 is 0. The van der Waals surface area contributed by atoms with Crippen molar-refractivity contribution >= 4 is 0 Å². The molecule has 7 saturated carbocycles. The average molecular weight is 304 g/mol. The first-order valence-corrected chi connectivity index (χ1v) is 9.62. The standard InChI is InChI=1S/C20H32O2/c1-17(2)14-4-7-19-9-12-10-20(22,11-19)13(12)8-15(19)18(14,3)6-5-16(17)21/h12-16,21-22H,4-11H2,1-3H3/t12?,13-,14-,15+,16-,18-,19+,20-/m1/s1. The van der Waals surface area contributed by atoms with Gasteiger partial charge in [0.1, 0.15) is 0 Å². The molecule has 1 spiro atoms. The van der Waals surface area contributed by atoms with E-state index in [0.29, 0.717) is 22.7 Å². The zero-order valence-corrected chi connectivity index (χ0v) is 14.4. The number of hydrogen-bond acceptors (Lipinski definition) is 2. The van der Waals surface area contributed by atoms with Gasteiger partial charge in [-0.3, -0.25) is 0 Å². The third-order valence-corrected chi connectivity index (χ3v) is 9.67. The van der Waals surface area contributed by atoms with Crippen molar-refractivity contribution in [3.05, 3.63) is 0 Å². The SMILES string of the molecule is CC1(C)[C@H](O)CC[C@]2(C)[C@@H]1CC[C@]13CC4C[C@@](O)(C1)[C@@H]4C[C@H]32. The molecular weight excluding hydrogens is 272 g/mol. The summed E-state index contributed by atoms with van der Waals surface area (Å²) in [6, 6.07) is 0. The second-order valence-corrected chi connectivity index (χ2v) is 10.7. The van der Waals surface area contributed by atoms with Crippen molar-refractivity contribution in [2.24, 2.45) is 39.9 Å². The highest BCUT2D eigenvalue weighted by atomic mass is 16.3. The minimum Gasteiger partial charge on any atom is -0.393 e. The second kappa shape index (κ2) is 3.77. The highest BCUT2D eigenvalue weighted by molar-refractivity contribution is 5.23. The molecule has 4 bridgehead atoms. The highest BCUT2D eigenvalue weighted by Crippen LogP contribution is 2.77. The Morgan fingerprint density at radius 1 is 0.955 bits per heavy atom. The average Bonchev–Trinajstić information content (AvgIpc) is 2.42. The molecule has 0 aromatic carbocycles. The fraction of sp³-hybridized carbons (Fsp3) is 1.00. The molecule has 0 aliphatic heterocycles. The molecule has 1 unspecified atom stereocenters. The lowest BCUT2D eigenvalue weighted by Gasteiger charge is -2.76. The molecule has 7 aliphatic rings. The first-order chi connectivity index (χ1) is 10.2. The van der Waals surface area contributed by atoms with E-state index in [-0.39, 0.29) is 17.1 Å². The minimum atomic E-state index is -0.285. The summed E-state index contributed by atoms with van der Waals surface area (Å²) in [5, 5.41) is 21.5. The number of hydrogen-bond donors (Lipinski definition) is 2. The minimum absolute atomic E-state index is 0.0606. The predicted octanol–water partition coefficient (Wildman–Crippen LogP) is 3.75. The van der Waals surface area contributed by atoms with Crippen LogP contribution in [0.2, 0.25) is 0 Å². The van der Waals surface area contributed by atoms with Crippen LogP contribution in [0.3, 0.4) is 0 Å². The van der Waals surface area contributed by atoms with Crippen LogP contribution in [-0.2, 0) is 0 Å². The van der Waals surface area contributed by atoms with Gasteiger partial charge in [0.2, 0.25) is 0 Å². The maximum absolute atomic E-state index is 10.9. The number of fused-ring (bicyclic) bond motifs is 1. The molecule has 124 valence electrons. The van der Waals surface area contributed by atoms with Crippen molar-refractivity contribution in [2.45, 2.75) is 83.8 Å². The lowest BCUT2D eigenvalue weighted by Crippen LogP contribution is -2.72. The van der Waals surface area contributed by atoms with Crippen molar-refractivity contribution in [1.29, 1.82) is 0 Å². The van der Waals surface area contributed by atoms with Gasteiger partial charge in [-0.25, -0.2) is 0 Å². The Balaban J connectivity index is 1.55. The summed E-state index contributed by atoms with van der Waals surface area (Å²) >= 11 is 0. The fourth-order valence-electron chi connectivity index (χ4n) is 8.79. The molecule has 2 nitrogen and oxygen atoms in total. The molecule has 0 amide bonds. The van der Waals surface area contributed by atoms with E-state index in [1.807, 2.05) is 0 Å². The van der Waals surface area contributed by atoms with Crippen LogP contribution in [0.15, 0.2) is 0 Å². The summed E-state index contributed by atoms with van der Waals surface area (Å²) in [5.74, 6) is 2.89. The molecule has 0 radical (unpaired) electrons. The Hall–Kier alpha value is -0.0800. The molecule has 0 heterocycles.